The fourth-order valence-corrected chi connectivity index (χ4v) is 5.23. The summed E-state index contributed by atoms with van der Waals surface area (Å²) in [7, 11) is -6.79. The molecule has 6 nitrogen and oxygen atoms in total. The van der Waals surface area contributed by atoms with E-state index in [9.17, 15) is 9.13 Å². The van der Waals surface area contributed by atoms with Crippen LogP contribution in [0.4, 0.5) is 0 Å². The van der Waals surface area contributed by atoms with E-state index >= 15 is 0 Å². The van der Waals surface area contributed by atoms with Crippen molar-refractivity contribution in [1.29, 1.82) is 0 Å². The van der Waals surface area contributed by atoms with Gasteiger partial charge < -0.3 is 18.1 Å². The summed E-state index contributed by atoms with van der Waals surface area (Å²) in [5.41, 5.74) is 0. The van der Waals surface area contributed by atoms with Gasteiger partial charge in [0.1, 0.15) is 0 Å². The molecule has 0 aromatic carbocycles. The van der Waals surface area contributed by atoms with E-state index in [2.05, 4.69) is 0 Å². The highest BCUT2D eigenvalue weighted by Crippen LogP contribution is 2.52. The van der Waals surface area contributed by atoms with E-state index in [1.54, 1.807) is 0 Å². The smallest absolute Gasteiger partial charge is 0.308 e. The van der Waals surface area contributed by atoms with Crippen LogP contribution in [0.5, 0.6) is 0 Å². The van der Waals surface area contributed by atoms with Gasteiger partial charge in [0, 0.05) is 23.5 Å². The molecule has 0 saturated carbocycles. The van der Waals surface area contributed by atoms with Gasteiger partial charge in [0.05, 0.1) is 38.8 Å². The van der Waals surface area contributed by atoms with Crippen molar-refractivity contribution in [3.8, 4) is 0 Å². The maximum atomic E-state index is 12.4. The lowest BCUT2D eigenvalue weighted by atomic mass is 10.9. The Morgan fingerprint density at radius 3 is 1.27 bits per heavy atom. The highest BCUT2D eigenvalue weighted by molar-refractivity contribution is 7.54. The lowest BCUT2D eigenvalue weighted by Crippen LogP contribution is -2.10. The Hall–Kier alpha value is 1.46. The van der Waals surface area contributed by atoms with Gasteiger partial charge in [0.15, 0.2) is 0 Å². The summed E-state index contributed by atoms with van der Waals surface area (Å²) in [4.78, 5) is 0. The van der Waals surface area contributed by atoms with Crippen molar-refractivity contribution >= 4 is 61.6 Å². The van der Waals surface area contributed by atoms with E-state index < -0.39 is 15.2 Å². The molecule has 0 amide bonds. The Morgan fingerprint density at radius 1 is 0.545 bits per heavy atom. The second-order valence-corrected chi connectivity index (χ2v) is 9.64. The SMILES string of the molecule is O=P(CCCl)(OCCCl)OCCP(=O)(OCCCl)OCCCl. The maximum Gasteiger partial charge on any atom is 0.333 e. The second-order valence-electron chi connectivity index (χ2n) is 3.76. The summed E-state index contributed by atoms with van der Waals surface area (Å²) in [6.07, 6.45) is -0.0713. The van der Waals surface area contributed by atoms with E-state index in [4.69, 9.17) is 64.5 Å². The predicted octanol–water partition coefficient (Wildman–Crippen LogP) is 4.39. The molecule has 0 rings (SSSR count). The van der Waals surface area contributed by atoms with Gasteiger partial charge >= 0.3 is 15.2 Å². The Balaban J connectivity index is 4.48. The minimum absolute atomic E-state index is 0.0286. The van der Waals surface area contributed by atoms with E-state index in [0.717, 1.165) is 0 Å². The summed E-state index contributed by atoms with van der Waals surface area (Å²) in [6.45, 7) is 0.0452. The number of rotatable bonds is 15. The number of hydrogen-bond donors (Lipinski definition) is 0. The van der Waals surface area contributed by atoms with E-state index in [1.165, 1.54) is 0 Å². The molecule has 0 bridgehead atoms. The van der Waals surface area contributed by atoms with Crippen LogP contribution in [0.15, 0.2) is 0 Å². The van der Waals surface area contributed by atoms with E-state index in [1.807, 2.05) is 0 Å². The molecular formula is C10H20Cl4O6P2. The van der Waals surface area contributed by atoms with Crippen LogP contribution < -0.4 is 0 Å². The number of alkyl halides is 4. The molecule has 0 aromatic heterocycles. The Bertz CT molecular complexity index is 361. The first kappa shape index (κ1) is 23.5. The normalized spacial score (nSPS) is 14.9. The van der Waals surface area contributed by atoms with E-state index in [-0.39, 0.29) is 62.3 Å². The molecule has 0 aliphatic heterocycles. The van der Waals surface area contributed by atoms with Crippen molar-refractivity contribution in [2.24, 2.45) is 0 Å². The molecule has 0 aliphatic rings. The number of hydrogen-bond acceptors (Lipinski definition) is 6. The fraction of sp³-hybridized carbons (Fsp3) is 1.00. The molecule has 0 aliphatic carbocycles. The summed E-state index contributed by atoms with van der Waals surface area (Å²) in [6, 6.07) is 0. The molecule has 1 atom stereocenters. The Kier molecular flexibility index (Phi) is 14.6. The molecule has 1 unspecified atom stereocenters. The molecular weight excluding hydrogens is 420 g/mol. The van der Waals surface area contributed by atoms with Gasteiger partial charge in [-0.25, -0.2) is 0 Å². The lowest BCUT2D eigenvalue weighted by molar-refractivity contribution is 0.201. The molecule has 12 heteroatoms. The molecule has 0 saturated heterocycles. The van der Waals surface area contributed by atoms with Gasteiger partial charge in [-0.2, -0.15) is 0 Å². The average molecular weight is 440 g/mol. The first-order chi connectivity index (χ1) is 10.4. The van der Waals surface area contributed by atoms with Crippen molar-refractivity contribution in [2.45, 2.75) is 0 Å². The van der Waals surface area contributed by atoms with Crippen LogP contribution in [0.2, 0.25) is 0 Å². The summed E-state index contributed by atoms with van der Waals surface area (Å²) < 4.78 is 45.2. The largest absolute Gasteiger partial charge is 0.333 e. The topological polar surface area (TPSA) is 71.1 Å². The second kappa shape index (κ2) is 13.7. The lowest BCUT2D eigenvalue weighted by Gasteiger charge is -2.20. The first-order valence-electron chi connectivity index (χ1n) is 6.45. The van der Waals surface area contributed by atoms with Crippen LogP contribution in [0.3, 0.4) is 0 Å². The summed E-state index contributed by atoms with van der Waals surface area (Å²) in [5.74, 6) is 0.603. The van der Waals surface area contributed by atoms with Crippen molar-refractivity contribution < 1.29 is 27.2 Å². The summed E-state index contributed by atoms with van der Waals surface area (Å²) >= 11 is 22.0. The van der Waals surface area contributed by atoms with E-state index in [0.29, 0.717) is 0 Å². The third-order valence-corrected chi connectivity index (χ3v) is 6.83. The quantitative estimate of drug-likeness (QED) is 0.278. The zero-order valence-electron chi connectivity index (χ0n) is 11.9. The first-order valence-corrected chi connectivity index (χ1v) is 12.0. The highest BCUT2D eigenvalue weighted by Gasteiger charge is 2.28. The molecule has 0 aromatic rings. The number of halogens is 4. The molecule has 0 spiro atoms. The van der Waals surface area contributed by atoms with Gasteiger partial charge in [-0.3, -0.25) is 9.13 Å². The average Bonchev–Trinajstić information content (AvgIpc) is 2.49. The zero-order valence-corrected chi connectivity index (χ0v) is 16.7. The molecule has 0 N–H and O–H groups in total. The van der Waals surface area contributed by atoms with Crippen LogP contribution in [0.1, 0.15) is 0 Å². The standard InChI is InChI=1S/C10H20Cl4O6P2/c11-1-5-17-21(15,9-4-14)20-8-10-22(16,18-6-2-12)19-7-3-13/h1-10H2. The minimum atomic E-state index is -3.41. The maximum absolute atomic E-state index is 12.4. The minimum Gasteiger partial charge on any atom is -0.308 e. The van der Waals surface area contributed by atoms with Gasteiger partial charge in [-0.05, 0) is 0 Å². The summed E-state index contributed by atoms with van der Waals surface area (Å²) in [5, 5.41) is 0. The predicted molar refractivity (Wildman–Crippen MR) is 91.6 cm³/mol. The fourth-order valence-electron chi connectivity index (χ4n) is 1.25. The van der Waals surface area contributed by atoms with Gasteiger partial charge in [0.2, 0.25) is 0 Å². The molecule has 0 heterocycles. The van der Waals surface area contributed by atoms with Gasteiger partial charge in [-0.1, -0.05) is 0 Å². The Labute approximate surface area is 151 Å². The van der Waals surface area contributed by atoms with Gasteiger partial charge in [-0.15, -0.1) is 46.4 Å². The molecule has 0 fully saturated rings. The highest BCUT2D eigenvalue weighted by atomic mass is 35.5. The van der Waals surface area contributed by atoms with Crippen molar-refractivity contribution in [3.63, 3.8) is 0 Å². The van der Waals surface area contributed by atoms with Gasteiger partial charge in [0.25, 0.3) is 0 Å². The van der Waals surface area contributed by atoms with Crippen LogP contribution >= 0.6 is 61.6 Å². The van der Waals surface area contributed by atoms with Crippen molar-refractivity contribution in [2.75, 3.05) is 62.3 Å². The molecule has 22 heavy (non-hydrogen) atoms. The van der Waals surface area contributed by atoms with Crippen LogP contribution in [-0.4, -0.2) is 62.3 Å². The van der Waals surface area contributed by atoms with Crippen molar-refractivity contribution in [3.05, 3.63) is 0 Å². The van der Waals surface area contributed by atoms with Crippen molar-refractivity contribution in [1.82, 2.24) is 0 Å². The Morgan fingerprint density at radius 2 is 0.909 bits per heavy atom. The molecule has 134 valence electrons. The monoisotopic (exact) mass is 438 g/mol. The van der Waals surface area contributed by atoms with Crippen LogP contribution in [0, 0.1) is 0 Å². The molecule has 0 radical (unpaired) electrons. The third-order valence-electron chi connectivity index (χ3n) is 2.11. The zero-order chi connectivity index (χ0) is 16.9. The van der Waals surface area contributed by atoms with Crippen LogP contribution in [0.25, 0.3) is 0 Å². The third kappa shape index (κ3) is 11.1. The van der Waals surface area contributed by atoms with Crippen LogP contribution in [-0.2, 0) is 27.2 Å².